The summed E-state index contributed by atoms with van der Waals surface area (Å²) in [5.41, 5.74) is 0. The van der Waals surface area contributed by atoms with Crippen LogP contribution in [-0.4, -0.2) is 51.0 Å². The number of methoxy groups -OCH3 is 1. The molecule has 11 heavy (non-hydrogen) atoms. The molecule has 0 saturated carbocycles. The van der Waals surface area contributed by atoms with Crippen LogP contribution in [0.3, 0.4) is 0 Å². The van der Waals surface area contributed by atoms with Gasteiger partial charge in [0.25, 0.3) is 0 Å². The van der Waals surface area contributed by atoms with E-state index in [1.54, 1.807) is 7.11 Å². The van der Waals surface area contributed by atoms with Crippen molar-refractivity contribution in [1.29, 1.82) is 0 Å². The Kier molecular flexibility index (Phi) is 3.30. The van der Waals surface area contributed by atoms with Crippen molar-refractivity contribution in [3.05, 3.63) is 0 Å². The second-order valence-electron chi connectivity index (χ2n) is 2.95. The predicted octanol–water partition coefficient (Wildman–Crippen LogP) is 0.352. The van der Waals surface area contributed by atoms with Gasteiger partial charge in [-0.05, 0) is 13.6 Å². The molecule has 3 nitrogen and oxygen atoms in total. The summed E-state index contributed by atoms with van der Waals surface area (Å²) in [5.74, 6) is 0. The summed E-state index contributed by atoms with van der Waals surface area (Å²) in [6.07, 6.45) is 0.264. The van der Waals surface area contributed by atoms with Crippen molar-refractivity contribution >= 4 is 0 Å². The van der Waals surface area contributed by atoms with E-state index < -0.39 is 0 Å². The molecular formula is C8H17NO2. The highest BCUT2D eigenvalue weighted by Gasteiger charge is 2.30. The predicted molar refractivity (Wildman–Crippen MR) is 43.7 cm³/mol. The SMILES string of the molecule is CCN(C)[C@@H]1COC[C@@H]1OC. The second-order valence-corrected chi connectivity index (χ2v) is 2.95. The van der Waals surface area contributed by atoms with Crippen LogP contribution < -0.4 is 0 Å². The zero-order valence-corrected chi connectivity index (χ0v) is 7.54. The lowest BCUT2D eigenvalue weighted by atomic mass is 10.2. The topological polar surface area (TPSA) is 21.7 Å². The van der Waals surface area contributed by atoms with Gasteiger partial charge >= 0.3 is 0 Å². The van der Waals surface area contributed by atoms with Gasteiger partial charge in [0.2, 0.25) is 0 Å². The first-order valence-corrected chi connectivity index (χ1v) is 4.10. The highest BCUT2D eigenvalue weighted by Crippen LogP contribution is 2.13. The first-order valence-electron chi connectivity index (χ1n) is 4.10. The standard InChI is InChI=1S/C8H17NO2/c1-4-9(2)7-5-11-6-8(7)10-3/h7-8H,4-6H2,1-3H3/t7-,8+/m1/s1. The molecule has 66 valence electrons. The van der Waals surface area contributed by atoms with E-state index in [1.165, 1.54) is 0 Å². The van der Waals surface area contributed by atoms with Crippen LogP contribution in [0.25, 0.3) is 0 Å². The molecule has 3 heteroatoms. The van der Waals surface area contributed by atoms with Crippen LogP contribution >= 0.6 is 0 Å². The number of hydrogen-bond acceptors (Lipinski definition) is 3. The maximum Gasteiger partial charge on any atom is 0.0981 e. The van der Waals surface area contributed by atoms with Crippen molar-refractivity contribution in [2.75, 3.05) is 33.9 Å². The van der Waals surface area contributed by atoms with Gasteiger partial charge in [0.1, 0.15) is 0 Å². The monoisotopic (exact) mass is 159 g/mol. The van der Waals surface area contributed by atoms with Gasteiger partial charge in [-0.25, -0.2) is 0 Å². The fraction of sp³-hybridized carbons (Fsp3) is 1.00. The molecule has 1 saturated heterocycles. The largest absolute Gasteiger partial charge is 0.377 e. The summed E-state index contributed by atoms with van der Waals surface area (Å²) >= 11 is 0. The lowest BCUT2D eigenvalue weighted by molar-refractivity contribution is 0.0503. The van der Waals surface area contributed by atoms with Crippen LogP contribution in [0, 0.1) is 0 Å². The Labute approximate surface area is 68.3 Å². The van der Waals surface area contributed by atoms with Crippen molar-refractivity contribution in [3.8, 4) is 0 Å². The minimum atomic E-state index is 0.264. The van der Waals surface area contributed by atoms with Crippen molar-refractivity contribution in [1.82, 2.24) is 4.90 Å². The number of likely N-dealkylation sites (N-methyl/N-ethyl adjacent to an activating group) is 1. The highest BCUT2D eigenvalue weighted by molar-refractivity contribution is 4.82. The summed E-state index contributed by atoms with van der Waals surface area (Å²) in [7, 11) is 3.85. The second kappa shape index (κ2) is 4.04. The Bertz CT molecular complexity index is 119. The van der Waals surface area contributed by atoms with E-state index >= 15 is 0 Å². The van der Waals surface area contributed by atoms with Gasteiger partial charge in [-0.3, -0.25) is 4.90 Å². The molecule has 1 aliphatic heterocycles. The molecule has 0 spiro atoms. The quantitative estimate of drug-likeness (QED) is 0.593. The molecular weight excluding hydrogens is 142 g/mol. The molecule has 0 N–H and O–H groups in total. The summed E-state index contributed by atoms with van der Waals surface area (Å²) in [5, 5.41) is 0. The molecule has 1 heterocycles. The lowest BCUT2D eigenvalue weighted by Gasteiger charge is -2.25. The van der Waals surface area contributed by atoms with Crippen LogP contribution in [0.1, 0.15) is 6.92 Å². The van der Waals surface area contributed by atoms with E-state index in [9.17, 15) is 0 Å². The Morgan fingerprint density at radius 3 is 2.82 bits per heavy atom. The van der Waals surface area contributed by atoms with Crippen LogP contribution in [0.2, 0.25) is 0 Å². The van der Waals surface area contributed by atoms with Crippen molar-refractivity contribution in [2.24, 2.45) is 0 Å². The molecule has 0 aromatic carbocycles. The normalized spacial score (nSPS) is 31.6. The minimum absolute atomic E-state index is 0.264. The molecule has 1 fully saturated rings. The summed E-state index contributed by atoms with van der Waals surface area (Å²) < 4.78 is 10.6. The van der Waals surface area contributed by atoms with Gasteiger partial charge in [-0.2, -0.15) is 0 Å². The van der Waals surface area contributed by atoms with E-state index in [-0.39, 0.29) is 6.10 Å². The molecule has 1 aliphatic rings. The summed E-state index contributed by atoms with van der Waals surface area (Å²) in [6, 6.07) is 0.449. The fourth-order valence-corrected chi connectivity index (χ4v) is 1.39. The van der Waals surface area contributed by atoms with Gasteiger partial charge in [0, 0.05) is 7.11 Å². The first kappa shape index (κ1) is 8.97. The van der Waals surface area contributed by atoms with Gasteiger partial charge < -0.3 is 9.47 Å². The number of nitrogens with zero attached hydrogens (tertiary/aromatic N) is 1. The number of hydrogen-bond donors (Lipinski definition) is 0. The third-order valence-electron chi connectivity index (χ3n) is 2.37. The average molecular weight is 159 g/mol. The maximum absolute atomic E-state index is 5.32. The average Bonchev–Trinajstić information content (AvgIpc) is 2.50. The summed E-state index contributed by atoms with van der Waals surface area (Å²) in [4.78, 5) is 2.27. The number of rotatable bonds is 3. The Balaban J connectivity index is 2.42. The Morgan fingerprint density at radius 1 is 1.55 bits per heavy atom. The molecule has 0 unspecified atom stereocenters. The molecule has 1 rings (SSSR count). The highest BCUT2D eigenvalue weighted by atomic mass is 16.5. The first-order chi connectivity index (χ1) is 5.29. The van der Waals surface area contributed by atoms with E-state index in [1.807, 2.05) is 0 Å². The van der Waals surface area contributed by atoms with Crippen LogP contribution in [0.5, 0.6) is 0 Å². The molecule has 0 aromatic heterocycles. The maximum atomic E-state index is 5.32. The van der Waals surface area contributed by atoms with E-state index in [2.05, 4.69) is 18.9 Å². The van der Waals surface area contributed by atoms with Gasteiger partial charge in [0.05, 0.1) is 25.4 Å². The summed E-state index contributed by atoms with van der Waals surface area (Å²) in [6.45, 7) is 4.74. The molecule has 2 atom stereocenters. The molecule has 0 aromatic rings. The van der Waals surface area contributed by atoms with Gasteiger partial charge in [0.15, 0.2) is 0 Å². The smallest absolute Gasteiger partial charge is 0.0981 e. The van der Waals surface area contributed by atoms with E-state index in [0.29, 0.717) is 6.04 Å². The van der Waals surface area contributed by atoms with Gasteiger partial charge in [-0.1, -0.05) is 6.92 Å². The van der Waals surface area contributed by atoms with Crippen LogP contribution in [0.15, 0.2) is 0 Å². The van der Waals surface area contributed by atoms with Gasteiger partial charge in [-0.15, -0.1) is 0 Å². The zero-order chi connectivity index (χ0) is 8.27. The van der Waals surface area contributed by atoms with Crippen LogP contribution in [-0.2, 0) is 9.47 Å². The fourth-order valence-electron chi connectivity index (χ4n) is 1.39. The molecule has 0 bridgehead atoms. The van der Waals surface area contributed by atoms with Crippen molar-refractivity contribution in [3.63, 3.8) is 0 Å². The molecule has 0 amide bonds. The molecule has 0 radical (unpaired) electrons. The van der Waals surface area contributed by atoms with E-state index in [4.69, 9.17) is 9.47 Å². The van der Waals surface area contributed by atoms with Crippen molar-refractivity contribution < 1.29 is 9.47 Å². The number of ether oxygens (including phenoxy) is 2. The molecule has 0 aliphatic carbocycles. The minimum Gasteiger partial charge on any atom is -0.377 e. The third kappa shape index (κ3) is 1.92. The van der Waals surface area contributed by atoms with Crippen molar-refractivity contribution in [2.45, 2.75) is 19.1 Å². The third-order valence-corrected chi connectivity index (χ3v) is 2.37. The lowest BCUT2D eigenvalue weighted by Crippen LogP contribution is -2.41. The zero-order valence-electron chi connectivity index (χ0n) is 7.54. The Morgan fingerprint density at radius 2 is 2.27 bits per heavy atom. The Hall–Kier alpha value is -0.120. The van der Waals surface area contributed by atoms with Crippen LogP contribution in [0.4, 0.5) is 0 Å². The van der Waals surface area contributed by atoms with E-state index in [0.717, 1.165) is 19.8 Å².